The first kappa shape index (κ1) is 15.3. The molecule has 114 valence electrons. The van der Waals surface area contributed by atoms with E-state index in [1.165, 1.54) is 0 Å². The zero-order valence-corrected chi connectivity index (χ0v) is 12.4. The third kappa shape index (κ3) is 4.46. The quantitative estimate of drug-likeness (QED) is 0.658. The largest absolute Gasteiger partial charge is 0.350 e. The fraction of sp³-hybridized carbons (Fsp3) is 0.467. The monoisotopic (exact) mass is 290 g/mol. The average molecular weight is 290 g/mol. The van der Waals surface area contributed by atoms with Crippen LogP contribution in [0.25, 0.3) is 0 Å². The van der Waals surface area contributed by atoms with E-state index in [2.05, 4.69) is 16.0 Å². The first-order valence-corrected chi connectivity index (χ1v) is 7.13. The summed E-state index contributed by atoms with van der Waals surface area (Å²) in [4.78, 5) is 23.3. The van der Waals surface area contributed by atoms with E-state index in [-0.39, 0.29) is 18.0 Å². The molecule has 6 nitrogen and oxygen atoms in total. The van der Waals surface area contributed by atoms with Gasteiger partial charge in [0.05, 0.1) is 5.54 Å². The molecule has 0 atom stereocenters. The molecule has 5 N–H and O–H groups in total. The van der Waals surface area contributed by atoms with Gasteiger partial charge in [0.25, 0.3) is 0 Å². The van der Waals surface area contributed by atoms with Gasteiger partial charge in [-0.15, -0.1) is 0 Å². The lowest BCUT2D eigenvalue weighted by molar-refractivity contribution is -0.123. The molecule has 0 spiro atoms. The van der Waals surface area contributed by atoms with Crippen molar-refractivity contribution in [2.45, 2.75) is 44.8 Å². The number of carbonyl (C=O) groups is 2. The SMILES string of the molecule is CC(C)NC(=O)Nc1ccc(CNC(=O)C2(N)CC2)cc1. The number of benzene rings is 1. The van der Waals surface area contributed by atoms with Gasteiger partial charge in [-0.05, 0) is 44.4 Å². The van der Waals surface area contributed by atoms with Gasteiger partial charge in [-0.2, -0.15) is 0 Å². The highest BCUT2D eigenvalue weighted by Crippen LogP contribution is 2.32. The zero-order chi connectivity index (χ0) is 15.5. The second kappa shape index (κ2) is 6.13. The normalized spacial score (nSPS) is 15.4. The Hall–Kier alpha value is -2.08. The molecule has 1 aliphatic carbocycles. The molecule has 21 heavy (non-hydrogen) atoms. The van der Waals surface area contributed by atoms with Crippen molar-refractivity contribution in [3.8, 4) is 0 Å². The predicted octanol–water partition coefficient (Wildman–Crippen LogP) is 1.32. The predicted molar refractivity (Wildman–Crippen MR) is 81.7 cm³/mol. The van der Waals surface area contributed by atoms with Crippen LogP contribution in [0.1, 0.15) is 32.3 Å². The van der Waals surface area contributed by atoms with Crippen LogP contribution in [-0.4, -0.2) is 23.5 Å². The Morgan fingerprint density at radius 2 is 1.86 bits per heavy atom. The molecule has 1 aromatic rings. The Morgan fingerprint density at radius 3 is 2.38 bits per heavy atom. The summed E-state index contributed by atoms with van der Waals surface area (Å²) in [5.41, 5.74) is 6.83. The Balaban J connectivity index is 1.81. The van der Waals surface area contributed by atoms with Crippen molar-refractivity contribution < 1.29 is 9.59 Å². The number of carbonyl (C=O) groups excluding carboxylic acids is 2. The lowest BCUT2D eigenvalue weighted by Crippen LogP contribution is -2.42. The average Bonchev–Trinajstić information content (AvgIpc) is 3.16. The summed E-state index contributed by atoms with van der Waals surface area (Å²) in [6.45, 7) is 4.24. The number of amides is 3. The summed E-state index contributed by atoms with van der Waals surface area (Å²) in [7, 11) is 0. The van der Waals surface area contributed by atoms with Gasteiger partial charge in [-0.25, -0.2) is 4.79 Å². The van der Waals surface area contributed by atoms with Gasteiger partial charge in [0.2, 0.25) is 5.91 Å². The van der Waals surface area contributed by atoms with Crippen molar-refractivity contribution >= 4 is 17.6 Å². The summed E-state index contributed by atoms with van der Waals surface area (Å²) in [6, 6.07) is 7.19. The Bertz CT molecular complexity index is 521. The number of anilines is 1. The third-order valence-electron chi connectivity index (χ3n) is 3.33. The molecule has 1 aromatic carbocycles. The molecule has 0 heterocycles. The topological polar surface area (TPSA) is 96.2 Å². The molecule has 2 rings (SSSR count). The van der Waals surface area contributed by atoms with Crippen molar-refractivity contribution in [2.24, 2.45) is 5.73 Å². The van der Waals surface area contributed by atoms with Gasteiger partial charge in [0.15, 0.2) is 0 Å². The number of hydrogen-bond donors (Lipinski definition) is 4. The van der Waals surface area contributed by atoms with E-state index in [4.69, 9.17) is 5.73 Å². The molecule has 0 aromatic heterocycles. The number of nitrogens with one attached hydrogen (secondary N) is 3. The van der Waals surface area contributed by atoms with Crippen molar-refractivity contribution in [1.82, 2.24) is 10.6 Å². The maximum Gasteiger partial charge on any atom is 0.319 e. The maximum absolute atomic E-state index is 11.7. The van der Waals surface area contributed by atoms with E-state index in [9.17, 15) is 9.59 Å². The third-order valence-corrected chi connectivity index (χ3v) is 3.33. The van der Waals surface area contributed by atoms with E-state index < -0.39 is 5.54 Å². The van der Waals surface area contributed by atoms with Crippen LogP contribution < -0.4 is 21.7 Å². The molecule has 0 unspecified atom stereocenters. The standard InChI is InChI=1S/C15H22N4O2/c1-10(2)18-14(21)19-12-5-3-11(4-6-12)9-17-13(20)15(16)7-8-15/h3-6,10H,7-9,16H2,1-2H3,(H,17,20)(H2,18,19,21). The van der Waals surface area contributed by atoms with Crippen molar-refractivity contribution in [1.29, 1.82) is 0 Å². The van der Waals surface area contributed by atoms with Crippen LogP contribution in [0, 0.1) is 0 Å². The van der Waals surface area contributed by atoms with Gasteiger partial charge >= 0.3 is 6.03 Å². The highest BCUT2D eigenvalue weighted by Gasteiger charge is 2.45. The van der Waals surface area contributed by atoms with E-state index in [0.717, 1.165) is 18.4 Å². The van der Waals surface area contributed by atoms with Gasteiger partial charge in [0.1, 0.15) is 0 Å². The molecule has 3 amide bonds. The number of nitrogens with two attached hydrogens (primary N) is 1. The van der Waals surface area contributed by atoms with Crippen LogP contribution >= 0.6 is 0 Å². The summed E-state index contributed by atoms with van der Waals surface area (Å²) < 4.78 is 0. The zero-order valence-electron chi connectivity index (χ0n) is 12.4. The minimum atomic E-state index is -0.642. The minimum Gasteiger partial charge on any atom is -0.350 e. The van der Waals surface area contributed by atoms with Crippen LogP contribution in [0.2, 0.25) is 0 Å². The van der Waals surface area contributed by atoms with Crippen LogP contribution in [0.4, 0.5) is 10.5 Å². The van der Waals surface area contributed by atoms with E-state index in [0.29, 0.717) is 12.2 Å². The fourth-order valence-electron chi connectivity index (χ4n) is 1.86. The van der Waals surface area contributed by atoms with Crippen LogP contribution in [-0.2, 0) is 11.3 Å². The molecule has 0 saturated heterocycles. The number of urea groups is 1. The molecule has 0 bridgehead atoms. The molecule has 0 aliphatic heterocycles. The summed E-state index contributed by atoms with van der Waals surface area (Å²) in [6.07, 6.45) is 1.51. The van der Waals surface area contributed by atoms with E-state index in [1.807, 2.05) is 26.0 Å². The van der Waals surface area contributed by atoms with Crippen molar-refractivity contribution in [2.75, 3.05) is 5.32 Å². The van der Waals surface area contributed by atoms with Gasteiger partial charge < -0.3 is 21.7 Å². The smallest absolute Gasteiger partial charge is 0.319 e. The molecule has 6 heteroatoms. The second-order valence-electron chi connectivity index (χ2n) is 5.79. The first-order valence-electron chi connectivity index (χ1n) is 7.13. The molecule has 1 fully saturated rings. The summed E-state index contributed by atoms with van der Waals surface area (Å²) in [5.74, 6) is -0.0963. The Kier molecular flexibility index (Phi) is 4.47. The van der Waals surface area contributed by atoms with E-state index in [1.54, 1.807) is 12.1 Å². The molecular weight excluding hydrogens is 268 g/mol. The van der Waals surface area contributed by atoms with Crippen LogP contribution in [0.3, 0.4) is 0 Å². The molecule has 0 radical (unpaired) electrons. The number of rotatable bonds is 5. The number of hydrogen-bond acceptors (Lipinski definition) is 3. The highest BCUT2D eigenvalue weighted by molar-refractivity contribution is 5.89. The summed E-state index contributed by atoms with van der Waals surface area (Å²) >= 11 is 0. The minimum absolute atomic E-state index is 0.0884. The Labute approximate surface area is 124 Å². The van der Waals surface area contributed by atoms with Crippen molar-refractivity contribution in [3.05, 3.63) is 29.8 Å². The highest BCUT2D eigenvalue weighted by atomic mass is 16.2. The molecule has 1 saturated carbocycles. The Morgan fingerprint density at radius 1 is 1.24 bits per heavy atom. The second-order valence-corrected chi connectivity index (χ2v) is 5.79. The first-order chi connectivity index (χ1) is 9.89. The van der Waals surface area contributed by atoms with Gasteiger partial charge in [0, 0.05) is 18.3 Å². The van der Waals surface area contributed by atoms with E-state index >= 15 is 0 Å². The van der Waals surface area contributed by atoms with Crippen LogP contribution in [0.15, 0.2) is 24.3 Å². The van der Waals surface area contributed by atoms with Crippen LogP contribution in [0.5, 0.6) is 0 Å². The maximum atomic E-state index is 11.7. The van der Waals surface area contributed by atoms with Crippen molar-refractivity contribution in [3.63, 3.8) is 0 Å². The van der Waals surface area contributed by atoms with Gasteiger partial charge in [-0.3, -0.25) is 4.79 Å². The fourth-order valence-corrected chi connectivity index (χ4v) is 1.86. The summed E-state index contributed by atoms with van der Waals surface area (Å²) in [5, 5.41) is 8.31. The molecular formula is C15H22N4O2. The van der Waals surface area contributed by atoms with Gasteiger partial charge in [-0.1, -0.05) is 12.1 Å². The lowest BCUT2D eigenvalue weighted by Gasteiger charge is -2.12. The molecule has 1 aliphatic rings. The lowest BCUT2D eigenvalue weighted by atomic mass is 10.2.